The van der Waals surface area contributed by atoms with E-state index in [2.05, 4.69) is 35.3 Å². The van der Waals surface area contributed by atoms with Gasteiger partial charge in [0.15, 0.2) is 5.65 Å². The predicted molar refractivity (Wildman–Crippen MR) is 114 cm³/mol. The Morgan fingerprint density at radius 2 is 1.69 bits per heavy atom. The Morgan fingerprint density at radius 1 is 1.03 bits per heavy atom. The summed E-state index contributed by atoms with van der Waals surface area (Å²) in [5.41, 5.74) is 2.90. The molecule has 0 amide bonds. The van der Waals surface area contributed by atoms with Crippen LogP contribution in [0.3, 0.4) is 0 Å². The number of hydrogen-bond donors (Lipinski definition) is 0. The molecule has 0 bridgehead atoms. The Kier molecular flexibility index (Phi) is 4.99. The van der Waals surface area contributed by atoms with Crippen molar-refractivity contribution >= 4 is 21.2 Å². The molecule has 3 heterocycles. The molecule has 6 nitrogen and oxygen atoms in total. The third kappa shape index (κ3) is 3.69. The molecule has 0 atom stereocenters. The van der Waals surface area contributed by atoms with Gasteiger partial charge in [0, 0.05) is 25.3 Å². The summed E-state index contributed by atoms with van der Waals surface area (Å²) in [6, 6.07) is 11.4. The molecule has 1 aromatic carbocycles. The minimum atomic E-state index is -3.48. The van der Waals surface area contributed by atoms with E-state index >= 15 is 0 Å². The number of fused-ring (bicyclic) bond motifs is 1. The molecule has 2 aromatic heterocycles. The van der Waals surface area contributed by atoms with Crippen LogP contribution in [0.4, 0.5) is 0 Å². The van der Waals surface area contributed by atoms with Crippen molar-refractivity contribution in [2.45, 2.75) is 56.9 Å². The summed E-state index contributed by atoms with van der Waals surface area (Å²) in [7, 11) is -3.48. The van der Waals surface area contributed by atoms with Gasteiger partial charge in [-0.1, -0.05) is 32.9 Å². The molecular weight excluding hydrogens is 384 g/mol. The number of aromatic nitrogens is 3. The molecule has 0 saturated carbocycles. The minimum absolute atomic E-state index is 0.000105. The molecule has 0 radical (unpaired) electrons. The summed E-state index contributed by atoms with van der Waals surface area (Å²) in [6.45, 7) is 9.36. The van der Waals surface area contributed by atoms with Gasteiger partial charge in [0.1, 0.15) is 11.3 Å². The largest absolute Gasteiger partial charge is 0.310 e. The second kappa shape index (κ2) is 7.22. The molecule has 154 valence electrons. The summed E-state index contributed by atoms with van der Waals surface area (Å²) in [6.07, 6.45) is 3.28. The van der Waals surface area contributed by atoms with Crippen LogP contribution in [0.2, 0.25) is 0 Å². The van der Waals surface area contributed by atoms with Crippen LogP contribution in [-0.4, -0.2) is 40.3 Å². The lowest BCUT2D eigenvalue weighted by molar-refractivity contribution is 0.274. The van der Waals surface area contributed by atoms with Gasteiger partial charge in [-0.3, -0.25) is 0 Å². The van der Waals surface area contributed by atoms with Gasteiger partial charge in [-0.05, 0) is 55.0 Å². The van der Waals surface area contributed by atoms with Crippen molar-refractivity contribution in [3.63, 3.8) is 0 Å². The summed E-state index contributed by atoms with van der Waals surface area (Å²) in [4.78, 5) is 9.46. The van der Waals surface area contributed by atoms with Gasteiger partial charge in [-0.25, -0.2) is 18.4 Å². The third-order valence-electron chi connectivity index (χ3n) is 5.77. The topological polar surface area (TPSA) is 68.1 Å². The summed E-state index contributed by atoms with van der Waals surface area (Å²) in [5.74, 6) is 0.928. The Labute approximate surface area is 172 Å². The summed E-state index contributed by atoms with van der Waals surface area (Å²) < 4.78 is 30.0. The van der Waals surface area contributed by atoms with Crippen LogP contribution in [0.15, 0.2) is 47.5 Å². The molecule has 0 spiro atoms. The van der Waals surface area contributed by atoms with Crippen LogP contribution in [0, 0.1) is 6.92 Å². The minimum Gasteiger partial charge on any atom is -0.310 e. The van der Waals surface area contributed by atoms with Gasteiger partial charge in [-0.2, -0.15) is 4.31 Å². The zero-order chi connectivity index (χ0) is 20.8. The highest BCUT2D eigenvalue weighted by molar-refractivity contribution is 7.89. The van der Waals surface area contributed by atoms with Crippen molar-refractivity contribution in [1.82, 2.24) is 18.8 Å². The number of nitrogens with zero attached hydrogens (tertiary/aromatic N) is 4. The Hall–Kier alpha value is -2.25. The van der Waals surface area contributed by atoms with Crippen LogP contribution >= 0.6 is 0 Å². The number of hydrogen-bond acceptors (Lipinski definition) is 4. The molecule has 7 heteroatoms. The molecule has 1 saturated heterocycles. The Morgan fingerprint density at radius 3 is 2.31 bits per heavy atom. The lowest BCUT2D eigenvalue weighted by Gasteiger charge is -2.32. The van der Waals surface area contributed by atoms with Crippen LogP contribution in [0.25, 0.3) is 11.2 Å². The zero-order valence-electron chi connectivity index (χ0n) is 17.5. The van der Waals surface area contributed by atoms with E-state index in [1.165, 1.54) is 0 Å². The highest BCUT2D eigenvalue weighted by Crippen LogP contribution is 2.31. The average molecular weight is 413 g/mol. The van der Waals surface area contributed by atoms with E-state index in [0.29, 0.717) is 18.0 Å². The maximum atomic E-state index is 13.1. The molecule has 1 fully saturated rings. The Balaban J connectivity index is 1.52. The lowest BCUT2D eigenvalue weighted by Crippen LogP contribution is -2.39. The fourth-order valence-electron chi connectivity index (χ4n) is 4.10. The van der Waals surface area contributed by atoms with E-state index in [-0.39, 0.29) is 11.5 Å². The monoisotopic (exact) mass is 412 g/mol. The molecule has 1 aliphatic heterocycles. The van der Waals surface area contributed by atoms with E-state index in [4.69, 9.17) is 0 Å². The first-order chi connectivity index (χ1) is 13.7. The summed E-state index contributed by atoms with van der Waals surface area (Å²) >= 11 is 0. The van der Waals surface area contributed by atoms with E-state index in [9.17, 15) is 8.42 Å². The van der Waals surface area contributed by atoms with Gasteiger partial charge >= 0.3 is 0 Å². The van der Waals surface area contributed by atoms with E-state index in [1.807, 2.05) is 31.2 Å². The van der Waals surface area contributed by atoms with Gasteiger partial charge in [-0.15, -0.1) is 0 Å². The number of sulfonamides is 1. The standard InChI is InChI=1S/C22H28N4O2S/c1-16-24-20-6-5-13-23-21(20)26(16)18-11-14-25(15-12-18)29(27,28)19-9-7-17(8-10-19)22(2,3)4/h5-10,13,18H,11-12,14-15H2,1-4H3. The van der Waals surface area contributed by atoms with E-state index < -0.39 is 10.0 Å². The molecular formula is C22H28N4O2S. The van der Waals surface area contributed by atoms with Gasteiger partial charge in [0.25, 0.3) is 0 Å². The Bertz CT molecular complexity index is 1120. The first kappa shape index (κ1) is 20.0. The van der Waals surface area contributed by atoms with Crippen molar-refractivity contribution in [1.29, 1.82) is 0 Å². The number of pyridine rings is 1. The third-order valence-corrected chi connectivity index (χ3v) is 7.68. The molecule has 4 rings (SSSR count). The van der Waals surface area contributed by atoms with E-state index in [0.717, 1.165) is 35.4 Å². The first-order valence-electron chi connectivity index (χ1n) is 10.1. The molecule has 29 heavy (non-hydrogen) atoms. The number of imidazole rings is 1. The highest BCUT2D eigenvalue weighted by atomic mass is 32.2. The van der Waals surface area contributed by atoms with Crippen molar-refractivity contribution in [3.8, 4) is 0 Å². The second-order valence-corrected chi connectivity index (χ2v) is 10.7. The van der Waals surface area contributed by atoms with Gasteiger partial charge in [0.2, 0.25) is 10.0 Å². The van der Waals surface area contributed by atoms with Crippen LogP contribution in [-0.2, 0) is 15.4 Å². The number of piperidine rings is 1. The van der Waals surface area contributed by atoms with Crippen LogP contribution in [0.5, 0.6) is 0 Å². The first-order valence-corrected chi connectivity index (χ1v) is 11.5. The zero-order valence-corrected chi connectivity index (χ0v) is 18.3. The molecule has 3 aromatic rings. The number of rotatable bonds is 3. The number of benzene rings is 1. The van der Waals surface area contributed by atoms with Crippen molar-refractivity contribution in [2.75, 3.05) is 13.1 Å². The second-order valence-electron chi connectivity index (χ2n) is 8.78. The van der Waals surface area contributed by atoms with Crippen molar-refractivity contribution in [3.05, 3.63) is 54.0 Å². The average Bonchev–Trinajstić information content (AvgIpc) is 3.03. The SMILES string of the molecule is Cc1nc2cccnc2n1C1CCN(S(=O)(=O)c2ccc(C(C)(C)C)cc2)CC1. The fourth-order valence-corrected chi connectivity index (χ4v) is 5.57. The smallest absolute Gasteiger partial charge is 0.243 e. The van der Waals surface area contributed by atoms with Gasteiger partial charge < -0.3 is 4.57 Å². The maximum Gasteiger partial charge on any atom is 0.243 e. The molecule has 1 aliphatic rings. The molecule has 0 aliphatic carbocycles. The van der Waals surface area contributed by atoms with Gasteiger partial charge in [0.05, 0.1) is 4.90 Å². The quantitative estimate of drug-likeness (QED) is 0.650. The summed E-state index contributed by atoms with van der Waals surface area (Å²) in [5, 5.41) is 0. The normalized spacial score (nSPS) is 17.1. The highest BCUT2D eigenvalue weighted by Gasteiger charge is 2.31. The van der Waals surface area contributed by atoms with Crippen molar-refractivity contribution < 1.29 is 8.42 Å². The van der Waals surface area contributed by atoms with Crippen molar-refractivity contribution in [2.24, 2.45) is 0 Å². The van der Waals surface area contributed by atoms with Crippen LogP contribution < -0.4 is 0 Å². The van der Waals surface area contributed by atoms with Crippen LogP contribution in [0.1, 0.15) is 51.0 Å². The predicted octanol–water partition coefficient (Wildman–Crippen LogP) is 4.06. The molecule has 0 unspecified atom stereocenters. The maximum absolute atomic E-state index is 13.1. The molecule has 0 N–H and O–H groups in total. The van der Waals surface area contributed by atoms with E-state index in [1.54, 1.807) is 22.6 Å². The lowest BCUT2D eigenvalue weighted by atomic mass is 9.87. The number of aryl methyl sites for hydroxylation is 1. The fraction of sp³-hybridized carbons (Fsp3) is 0.455.